The van der Waals surface area contributed by atoms with Crippen LogP contribution in [0.3, 0.4) is 0 Å². The zero-order valence-corrected chi connectivity index (χ0v) is 15.6. The van der Waals surface area contributed by atoms with Gasteiger partial charge in [0.15, 0.2) is 11.5 Å². The molecule has 1 aromatic carbocycles. The molecule has 0 N–H and O–H groups in total. The summed E-state index contributed by atoms with van der Waals surface area (Å²) in [4.78, 5) is 23.2. The normalized spacial score (nSPS) is 19.6. The molecule has 1 amide bonds. The summed E-state index contributed by atoms with van der Waals surface area (Å²) in [5, 5.41) is 0. The number of para-hydroxylation sites is 2. The summed E-state index contributed by atoms with van der Waals surface area (Å²) in [5.41, 5.74) is 0.889. The summed E-state index contributed by atoms with van der Waals surface area (Å²) >= 11 is 0. The van der Waals surface area contributed by atoms with Gasteiger partial charge in [-0.25, -0.2) is 4.98 Å². The second-order valence-electron chi connectivity index (χ2n) is 6.90. The summed E-state index contributed by atoms with van der Waals surface area (Å²) in [7, 11) is 0. The maximum absolute atomic E-state index is 12.8. The molecule has 0 radical (unpaired) electrons. The Morgan fingerprint density at radius 2 is 1.89 bits per heavy atom. The van der Waals surface area contributed by atoms with Crippen molar-refractivity contribution in [3.8, 4) is 17.4 Å². The van der Waals surface area contributed by atoms with Gasteiger partial charge in [0.25, 0.3) is 5.91 Å². The maximum atomic E-state index is 12.8. The maximum Gasteiger partial charge on any atom is 0.267 e. The highest BCUT2D eigenvalue weighted by molar-refractivity contribution is 5.82. The predicted octanol–water partition coefficient (Wildman–Crippen LogP) is 2.30. The quantitative estimate of drug-likeness (QED) is 0.827. The second-order valence-corrected chi connectivity index (χ2v) is 6.90. The molecule has 3 heterocycles. The molecule has 4 rings (SSSR count). The first-order valence-electron chi connectivity index (χ1n) is 9.25. The number of nitrogens with zero attached hydrogens (tertiary/aromatic N) is 3. The third-order valence-electron chi connectivity index (χ3n) is 4.77. The van der Waals surface area contributed by atoms with Crippen LogP contribution in [0.5, 0.6) is 17.4 Å². The number of likely N-dealkylation sites (tertiary alicyclic amines) is 1. The van der Waals surface area contributed by atoms with Crippen molar-refractivity contribution in [2.75, 3.05) is 19.7 Å². The van der Waals surface area contributed by atoms with Gasteiger partial charge in [-0.05, 0) is 26.0 Å². The Morgan fingerprint density at radius 1 is 1.15 bits per heavy atom. The topological polar surface area (TPSA) is 73.8 Å². The SMILES string of the molecule is Cc1cc(OC2CCN(C(=O)[C@H]3COc4ccccc4O3)CC2)nc(C)n1. The van der Waals surface area contributed by atoms with Crippen molar-refractivity contribution in [1.29, 1.82) is 0 Å². The van der Waals surface area contributed by atoms with Gasteiger partial charge in [0.05, 0.1) is 0 Å². The Hall–Kier alpha value is -2.83. The lowest BCUT2D eigenvalue weighted by Crippen LogP contribution is -2.50. The molecule has 1 aromatic heterocycles. The van der Waals surface area contributed by atoms with Crippen LogP contribution in [0.4, 0.5) is 0 Å². The van der Waals surface area contributed by atoms with Gasteiger partial charge in [-0.15, -0.1) is 0 Å². The van der Waals surface area contributed by atoms with Gasteiger partial charge < -0.3 is 19.1 Å². The number of rotatable bonds is 3. The highest BCUT2D eigenvalue weighted by Gasteiger charge is 2.33. The van der Waals surface area contributed by atoms with Gasteiger partial charge in [0.2, 0.25) is 12.0 Å². The molecule has 142 valence electrons. The van der Waals surface area contributed by atoms with Crippen molar-refractivity contribution < 1.29 is 19.0 Å². The lowest BCUT2D eigenvalue weighted by atomic mass is 10.1. The minimum absolute atomic E-state index is 0.0309. The van der Waals surface area contributed by atoms with Crippen molar-refractivity contribution in [2.24, 2.45) is 0 Å². The van der Waals surface area contributed by atoms with Crippen molar-refractivity contribution >= 4 is 5.91 Å². The van der Waals surface area contributed by atoms with Crippen LogP contribution in [0, 0.1) is 13.8 Å². The van der Waals surface area contributed by atoms with Crippen molar-refractivity contribution in [3.05, 3.63) is 41.9 Å². The van der Waals surface area contributed by atoms with E-state index in [0.717, 1.165) is 18.5 Å². The Labute approximate surface area is 158 Å². The summed E-state index contributed by atoms with van der Waals surface area (Å²) in [5.74, 6) is 2.58. The largest absolute Gasteiger partial charge is 0.485 e. The minimum atomic E-state index is -0.593. The number of hydrogen-bond acceptors (Lipinski definition) is 6. The highest BCUT2D eigenvalue weighted by Crippen LogP contribution is 2.31. The molecule has 27 heavy (non-hydrogen) atoms. The van der Waals surface area contributed by atoms with Crippen LogP contribution >= 0.6 is 0 Å². The van der Waals surface area contributed by atoms with Crippen LogP contribution in [0.2, 0.25) is 0 Å². The smallest absolute Gasteiger partial charge is 0.267 e. The average molecular weight is 369 g/mol. The number of hydrogen-bond donors (Lipinski definition) is 0. The molecule has 1 saturated heterocycles. The first-order valence-corrected chi connectivity index (χ1v) is 9.25. The molecule has 2 aliphatic rings. The molecule has 1 atom stereocenters. The number of benzene rings is 1. The average Bonchev–Trinajstić information content (AvgIpc) is 2.67. The van der Waals surface area contributed by atoms with Gasteiger partial charge >= 0.3 is 0 Å². The van der Waals surface area contributed by atoms with Crippen LogP contribution in [0.15, 0.2) is 30.3 Å². The van der Waals surface area contributed by atoms with E-state index in [-0.39, 0.29) is 18.6 Å². The van der Waals surface area contributed by atoms with Gasteiger partial charge in [-0.1, -0.05) is 12.1 Å². The molecule has 2 aliphatic heterocycles. The fraction of sp³-hybridized carbons (Fsp3) is 0.450. The molecule has 7 nitrogen and oxygen atoms in total. The van der Waals surface area contributed by atoms with Crippen molar-refractivity contribution in [1.82, 2.24) is 14.9 Å². The van der Waals surface area contributed by atoms with E-state index < -0.39 is 6.10 Å². The molecule has 0 unspecified atom stereocenters. The Kier molecular flexibility index (Phi) is 4.83. The number of aryl methyl sites for hydroxylation is 2. The standard InChI is InChI=1S/C20H23N3O4/c1-13-11-19(22-14(2)21-13)26-15-7-9-23(10-8-15)20(24)18-12-25-16-5-3-4-6-17(16)27-18/h3-6,11,15,18H,7-10,12H2,1-2H3/t18-/m1/s1. The van der Waals surface area contributed by atoms with E-state index in [1.54, 1.807) is 0 Å². The van der Waals surface area contributed by atoms with E-state index in [2.05, 4.69) is 9.97 Å². The number of amides is 1. The van der Waals surface area contributed by atoms with E-state index in [1.807, 2.05) is 49.1 Å². The molecule has 1 fully saturated rings. The van der Waals surface area contributed by atoms with Crippen LogP contribution in [-0.4, -0.2) is 52.7 Å². The van der Waals surface area contributed by atoms with E-state index in [1.165, 1.54) is 0 Å². The van der Waals surface area contributed by atoms with E-state index >= 15 is 0 Å². The molecule has 0 spiro atoms. The van der Waals surface area contributed by atoms with Crippen molar-refractivity contribution in [2.45, 2.75) is 38.9 Å². The first-order chi connectivity index (χ1) is 13.1. The van der Waals surface area contributed by atoms with Crippen LogP contribution in [0.25, 0.3) is 0 Å². The van der Waals surface area contributed by atoms with Crippen LogP contribution in [-0.2, 0) is 4.79 Å². The highest BCUT2D eigenvalue weighted by atomic mass is 16.6. The molecule has 0 saturated carbocycles. The Balaban J connectivity index is 1.32. The number of ether oxygens (including phenoxy) is 3. The molecule has 0 aliphatic carbocycles. The number of carbonyl (C=O) groups is 1. The second kappa shape index (κ2) is 7.42. The van der Waals surface area contributed by atoms with E-state index in [9.17, 15) is 4.79 Å². The third kappa shape index (κ3) is 3.97. The molecule has 7 heteroatoms. The Morgan fingerprint density at radius 3 is 2.63 bits per heavy atom. The summed E-state index contributed by atoms with van der Waals surface area (Å²) in [6, 6.07) is 9.26. The number of piperidine rings is 1. The van der Waals surface area contributed by atoms with Crippen LogP contribution in [0.1, 0.15) is 24.4 Å². The molecular weight excluding hydrogens is 346 g/mol. The number of fused-ring (bicyclic) bond motifs is 1. The summed E-state index contributed by atoms with van der Waals surface area (Å²) < 4.78 is 17.5. The zero-order valence-electron chi connectivity index (χ0n) is 15.6. The lowest BCUT2D eigenvalue weighted by molar-refractivity contribution is -0.143. The van der Waals surface area contributed by atoms with Gasteiger partial charge in [-0.3, -0.25) is 4.79 Å². The zero-order chi connectivity index (χ0) is 18.8. The lowest BCUT2D eigenvalue weighted by Gasteiger charge is -2.35. The van der Waals surface area contributed by atoms with Crippen molar-refractivity contribution in [3.63, 3.8) is 0 Å². The third-order valence-corrected chi connectivity index (χ3v) is 4.77. The Bertz CT molecular complexity index is 813. The first kappa shape index (κ1) is 17.6. The summed E-state index contributed by atoms with van der Waals surface area (Å²) in [6.45, 7) is 5.28. The number of carbonyl (C=O) groups excluding carboxylic acids is 1. The fourth-order valence-corrected chi connectivity index (χ4v) is 3.45. The molecule has 2 aromatic rings. The predicted molar refractivity (Wildman–Crippen MR) is 98.1 cm³/mol. The van der Waals surface area contributed by atoms with Gasteiger partial charge in [-0.2, -0.15) is 4.98 Å². The minimum Gasteiger partial charge on any atom is -0.485 e. The van der Waals surface area contributed by atoms with E-state index in [0.29, 0.717) is 36.3 Å². The molecular formula is C20H23N3O4. The number of aromatic nitrogens is 2. The van der Waals surface area contributed by atoms with Gasteiger partial charge in [0, 0.05) is 37.7 Å². The van der Waals surface area contributed by atoms with Crippen LogP contribution < -0.4 is 14.2 Å². The summed E-state index contributed by atoms with van der Waals surface area (Å²) in [6.07, 6.45) is 0.979. The monoisotopic (exact) mass is 369 g/mol. The van der Waals surface area contributed by atoms with Gasteiger partial charge in [0.1, 0.15) is 18.5 Å². The fourth-order valence-electron chi connectivity index (χ4n) is 3.45. The van der Waals surface area contributed by atoms with E-state index in [4.69, 9.17) is 14.2 Å². The molecule has 0 bridgehead atoms.